The molecule has 0 aliphatic carbocycles. The highest BCUT2D eigenvalue weighted by molar-refractivity contribution is 5.99. The monoisotopic (exact) mass is 400 g/mol. The van der Waals surface area contributed by atoms with Crippen LogP contribution in [-0.2, 0) is 6.54 Å². The Morgan fingerprint density at radius 3 is 2.47 bits per heavy atom. The fourth-order valence-corrected chi connectivity index (χ4v) is 3.33. The van der Waals surface area contributed by atoms with E-state index in [2.05, 4.69) is 53.5 Å². The molecular formula is C24H24N4O2. The first-order valence-corrected chi connectivity index (χ1v) is 9.91. The Hall–Kier alpha value is -3.67. The van der Waals surface area contributed by atoms with E-state index >= 15 is 0 Å². The molecule has 0 saturated carbocycles. The van der Waals surface area contributed by atoms with Crippen LogP contribution in [0.3, 0.4) is 0 Å². The quantitative estimate of drug-likeness (QED) is 0.519. The van der Waals surface area contributed by atoms with Crippen LogP contribution in [0.4, 0.5) is 0 Å². The van der Waals surface area contributed by atoms with E-state index in [1.165, 1.54) is 5.56 Å². The number of nitrogens with zero attached hydrogens (tertiary/aromatic N) is 3. The zero-order valence-corrected chi connectivity index (χ0v) is 17.3. The van der Waals surface area contributed by atoms with Crippen LogP contribution >= 0.6 is 0 Å². The Morgan fingerprint density at radius 2 is 1.80 bits per heavy atom. The molecule has 152 valence electrons. The summed E-state index contributed by atoms with van der Waals surface area (Å²) in [6.07, 6.45) is 3.28. The van der Waals surface area contributed by atoms with Crippen molar-refractivity contribution in [1.82, 2.24) is 19.9 Å². The second kappa shape index (κ2) is 8.37. The van der Waals surface area contributed by atoms with Gasteiger partial charge in [-0.25, -0.2) is 9.50 Å². The zero-order valence-electron chi connectivity index (χ0n) is 17.3. The van der Waals surface area contributed by atoms with Crippen LogP contribution in [0.2, 0.25) is 0 Å². The van der Waals surface area contributed by atoms with Crippen molar-refractivity contribution in [2.45, 2.75) is 26.3 Å². The molecule has 6 nitrogen and oxygen atoms in total. The molecule has 0 unspecified atom stereocenters. The van der Waals surface area contributed by atoms with Gasteiger partial charge in [-0.3, -0.25) is 4.79 Å². The van der Waals surface area contributed by atoms with E-state index in [-0.39, 0.29) is 5.91 Å². The van der Waals surface area contributed by atoms with Crippen LogP contribution < -0.4 is 10.1 Å². The fourth-order valence-electron chi connectivity index (χ4n) is 3.33. The molecule has 6 heteroatoms. The summed E-state index contributed by atoms with van der Waals surface area (Å²) in [6, 6.07) is 17.9. The molecule has 0 fully saturated rings. The smallest absolute Gasteiger partial charge is 0.257 e. The second-order valence-electron chi connectivity index (χ2n) is 7.43. The van der Waals surface area contributed by atoms with E-state index in [0.29, 0.717) is 23.7 Å². The average Bonchev–Trinajstić information content (AvgIpc) is 3.22. The minimum atomic E-state index is -0.208. The van der Waals surface area contributed by atoms with Crippen LogP contribution in [0, 0.1) is 0 Å². The molecule has 4 rings (SSSR count). The molecule has 1 amide bonds. The number of ether oxygens (including phenoxy) is 1. The van der Waals surface area contributed by atoms with Gasteiger partial charge in [-0.05, 0) is 35.2 Å². The largest absolute Gasteiger partial charge is 0.497 e. The lowest BCUT2D eigenvalue weighted by Gasteiger charge is -2.09. The van der Waals surface area contributed by atoms with Crippen molar-refractivity contribution >= 4 is 11.6 Å². The van der Waals surface area contributed by atoms with Gasteiger partial charge in [-0.1, -0.05) is 50.2 Å². The lowest BCUT2D eigenvalue weighted by Crippen LogP contribution is -2.22. The van der Waals surface area contributed by atoms with Crippen molar-refractivity contribution in [3.63, 3.8) is 0 Å². The summed E-state index contributed by atoms with van der Waals surface area (Å²) in [5, 5.41) is 7.37. The molecule has 1 N–H and O–H groups in total. The Kier molecular flexibility index (Phi) is 5.48. The number of nitrogens with one attached hydrogen (secondary N) is 1. The van der Waals surface area contributed by atoms with Crippen LogP contribution in [0.15, 0.2) is 67.0 Å². The molecule has 2 aromatic heterocycles. The van der Waals surface area contributed by atoms with Crippen LogP contribution in [0.25, 0.3) is 16.9 Å². The molecule has 0 spiro atoms. The SMILES string of the molecule is COc1ccc(CNC(=O)c2cnn3c(-c4ccc(C(C)C)cc4)ccnc23)cc1. The van der Waals surface area contributed by atoms with Crippen LogP contribution in [0.5, 0.6) is 5.75 Å². The number of rotatable bonds is 6. The fraction of sp³-hybridized carbons (Fsp3) is 0.208. The number of hydrogen-bond acceptors (Lipinski definition) is 4. The Bertz CT molecular complexity index is 1160. The molecular weight excluding hydrogens is 376 g/mol. The molecule has 0 aliphatic heterocycles. The number of carbonyl (C=O) groups excluding carboxylic acids is 1. The molecule has 30 heavy (non-hydrogen) atoms. The molecule has 0 bridgehead atoms. The first kappa shape index (κ1) is 19.6. The molecule has 0 aliphatic rings. The number of benzene rings is 2. The molecule has 0 radical (unpaired) electrons. The normalized spacial score (nSPS) is 11.1. The van der Waals surface area contributed by atoms with E-state index in [4.69, 9.17) is 4.74 Å². The van der Waals surface area contributed by atoms with E-state index in [9.17, 15) is 4.79 Å². The van der Waals surface area contributed by atoms with Crippen molar-refractivity contribution in [3.8, 4) is 17.0 Å². The average molecular weight is 400 g/mol. The maximum absolute atomic E-state index is 12.8. The highest BCUT2D eigenvalue weighted by Crippen LogP contribution is 2.23. The van der Waals surface area contributed by atoms with Crippen molar-refractivity contribution < 1.29 is 9.53 Å². The molecule has 2 aromatic carbocycles. The first-order chi connectivity index (χ1) is 14.6. The lowest BCUT2D eigenvalue weighted by atomic mass is 10.0. The van der Waals surface area contributed by atoms with Gasteiger partial charge in [0.1, 0.15) is 11.3 Å². The van der Waals surface area contributed by atoms with E-state index in [1.54, 1.807) is 24.0 Å². The van der Waals surface area contributed by atoms with Gasteiger partial charge in [0.05, 0.1) is 19.0 Å². The highest BCUT2D eigenvalue weighted by Gasteiger charge is 2.16. The summed E-state index contributed by atoms with van der Waals surface area (Å²) in [4.78, 5) is 17.1. The van der Waals surface area contributed by atoms with Gasteiger partial charge in [0.15, 0.2) is 5.65 Å². The van der Waals surface area contributed by atoms with E-state index in [0.717, 1.165) is 22.6 Å². The van der Waals surface area contributed by atoms with E-state index < -0.39 is 0 Å². The number of fused-ring (bicyclic) bond motifs is 1. The van der Waals surface area contributed by atoms with E-state index in [1.807, 2.05) is 30.3 Å². The topological polar surface area (TPSA) is 68.5 Å². The van der Waals surface area contributed by atoms with Crippen molar-refractivity contribution in [2.24, 2.45) is 0 Å². The van der Waals surface area contributed by atoms with Gasteiger partial charge in [0.25, 0.3) is 5.91 Å². The summed E-state index contributed by atoms with van der Waals surface area (Å²) in [5.74, 6) is 1.05. The second-order valence-corrected chi connectivity index (χ2v) is 7.43. The first-order valence-electron chi connectivity index (χ1n) is 9.91. The minimum Gasteiger partial charge on any atom is -0.497 e. The standard InChI is InChI=1S/C24H24N4O2/c1-16(2)18-6-8-19(9-7-18)22-12-13-25-23-21(15-27-28(22)23)24(29)26-14-17-4-10-20(30-3)11-5-17/h4-13,15-16H,14H2,1-3H3,(H,26,29). The highest BCUT2D eigenvalue weighted by atomic mass is 16.5. The van der Waals surface area contributed by atoms with Crippen molar-refractivity contribution in [3.05, 3.63) is 83.7 Å². The summed E-state index contributed by atoms with van der Waals surface area (Å²) in [5.41, 5.74) is 5.17. The zero-order chi connectivity index (χ0) is 21.1. The number of carbonyl (C=O) groups is 1. The summed E-state index contributed by atoms with van der Waals surface area (Å²) in [7, 11) is 1.63. The number of methoxy groups -OCH3 is 1. The lowest BCUT2D eigenvalue weighted by molar-refractivity contribution is 0.0952. The van der Waals surface area contributed by atoms with Gasteiger partial charge in [-0.15, -0.1) is 0 Å². The predicted molar refractivity (Wildman–Crippen MR) is 117 cm³/mol. The minimum absolute atomic E-state index is 0.208. The van der Waals surface area contributed by atoms with Gasteiger partial charge in [-0.2, -0.15) is 5.10 Å². The van der Waals surface area contributed by atoms with Crippen molar-refractivity contribution in [2.75, 3.05) is 7.11 Å². The van der Waals surface area contributed by atoms with Crippen molar-refractivity contribution in [1.29, 1.82) is 0 Å². The van der Waals surface area contributed by atoms with Gasteiger partial charge in [0, 0.05) is 18.3 Å². The molecule has 0 saturated heterocycles. The third-order valence-electron chi connectivity index (χ3n) is 5.13. The Morgan fingerprint density at radius 1 is 1.07 bits per heavy atom. The summed E-state index contributed by atoms with van der Waals surface area (Å²) < 4.78 is 6.88. The third-order valence-corrected chi connectivity index (χ3v) is 5.13. The van der Waals surface area contributed by atoms with Gasteiger partial charge < -0.3 is 10.1 Å². The molecule has 2 heterocycles. The third kappa shape index (κ3) is 3.89. The Labute approximate surface area is 175 Å². The summed E-state index contributed by atoms with van der Waals surface area (Å²) in [6.45, 7) is 4.75. The number of amides is 1. The number of hydrogen-bond donors (Lipinski definition) is 1. The Balaban J connectivity index is 1.56. The number of aromatic nitrogens is 3. The van der Waals surface area contributed by atoms with Gasteiger partial charge in [0.2, 0.25) is 0 Å². The maximum atomic E-state index is 12.8. The molecule has 0 atom stereocenters. The van der Waals surface area contributed by atoms with Gasteiger partial charge >= 0.3 is 0 Å². The molecule has 4 aromatic rings. The maximum Gasteiger partial charge on any atom is 0.257 e. The summed E-state index contributed by atoms with van der Waals surface area (Å²) >= 11 is 0. The predicted octanol–water partition coefficient (Wildman–Crippen LogP) is 4.46. The van der Waals surface area contributed by atoms with Crippen LogP contribution in [0.1, 0.15) is 41.3 Å². The van der Waals surface area contributed by atoms with Crippen LogP contribution in [-0.4, -0.2) is 27.6 Å².